The predicted molar refractivity (Wildman–Crippen MR) is 99.0 cm³/mol. The summed E-state index contributed by atoms with van der Waals surface area (Å²) in [6.07, 6.45) is 0. The molecule has 0 saturated heterocycles. The molecule has 0 aliphatic carbocycles. The molecule has 0 radical (unpaired) electrons. The molecule has 23 heavy (non-hydrogen) atoms. The van der Waals surface area contributed by atoms with Gasteiger partial charge in [0, 0.05) is 0 Å². The molecule has 0 atom stereocenters. The van der Waals surface area contributed by atoms with Crippen molar-refractivity contribution in [3.63, 3.8) is 0 Å². The molecule has 0 aliphatic rings. The van der Waals surface area contributed by atoms with Crippen molar-refractivity contribution in [3.8, 4) is 5.75 Å². The van der Waals surface area contributed by atoms with Crippen molar-refractivity contribution in [1.29, 1.82) is 0 Å². The van der Waals surface area contributed by atoms with Gasteiger partial charge in [0.25, 0.3) is 0 Å². The second-order valence-corrected chi connectivity index (χ2v) is 5.78. The van der Waals surface area contributed by atoms with E-state index in [1.165, 1.54) is 27.3 Å². The lowest BCUT2D eigenvalue weighted by atomic mass is 10.1. The van der Waals surface area contributed by atoms with Gasteiger partial charge >= 0.3 is 0 Å². The van der Waals surface area contributed by atoms with Crippen LogP contribution in [0.4, 0.5) is 0 Å². The first-order chi connectivity index (χ1) is 11.1. The number of fused-ring (bicyclic) bond motifs is 2. The van der Waals surface area contributed by atoms with Gasteiger partial charge in [-0.05, 0) is 58.7 Å². The first kappa shape index (κ1) is 15.1. The monoisotopic (exact) mass is 300 g/mol. The predicted octanol–water partition coefficient (Wildman–Crippen LogP) is 6.00. The highest BCUT2D eigenvalue weighted by atomic mass is 16.3. The van der Waals surface area contributed by atoms with Crippen LogP contribution in [0.1, 0.15) is 11.1 Å². The van der Waals surface area contributed by atoms with Gasteiger partial charge in [-0.15, -0.1) is 0 Å². The summed E-state index contributed by atoms with van der Waals surface area (Å²) in [7, 11) is 0. The Morgan fingerprint density at radius 1 is 0.565 bits per heavy atom. The number of hydrogen-bond acceptors (Lipinski definition) is 1. The Hall–Kier alpha value is -2.80. The SMILES string of the molecule is Cc1cccc2cc(O)ccc12.Cc1cccc2ccccc12. The Bertz CT molecular complexity index is 949. The number of phenolic OH excluding ortho intramolecular Hbond substituents is 1. The molecule has 0 aliphatic heterocycles. The van der Waals surface area contributed by atoms with E-state index < -0.39 is 0 Å². The minimum Gasteiger partial charge on any atom is -0.508 e. The molecular formula is C22H20O. The molecule has 4 aromatic rings. The maximum absolute atomic E-state index is 9.22. The van der Waals surface area contributed by atoms with Crippen LogP contribution in [0.15, 0.2) is 78.9 Å². The summed E-state index contributed by atoms with van der Waals surface area (Å²) in [5.41, 5.74) is 2.59. The topological polar surface area (TPSA) is 20.2 Å². The van der Waals surface area contributed by atoms with Crippen LogP contribution in [0.5, 0.6) is 5.75 Å². The molecule has 4 rings (SSSR count). The van der Waals surface area contributed by atoms with Crippen LogP contribution >= 0.6 is 0 Å². The minimum absolute atomic E-state index is 0.327. The maximum atomic E-state index is 9.22. The van der Waals surface area contributed by atoms with Crippen LogP contribution in [-0.2, 0) is 0 Å². The van der Waals surface area contributed by atoms with Gasteiger partial charge in [0.2, 0.25) is 0 Å². The number of rotatable bonds is 0. The second kappa shape index (κ2) is 6.53. The van der Waals surface area contributed by atoms with Crippen LogP contribution in [0, 0.1) is 13.8 Å². The van der Waals surface area contributed by atoms with E-state index in [0.717, 1.165) is 5.39 Å². The molecule has 0 heterocycles. The number of hydrogen-bond donors (Lipinski definition) is 1. The van der Waals surface area contributed by atoms with Gasteiger partial charge in [-0.25, -0.2) is 0 Å². The fourth-order valence-electron chi connectivity index (χ4n) is 2.82. The molecule has 114 valence electrons. The summed E-state index contributed by atoms with van der Waals surface area (Å²) in [5.74, 6) is 0.327. The second-order valence-electron chi connectivity index (χ2n) is 5.78. The van der Waals surface area contributed by atoms with Gasteiger partial charge < -0.3 is 5.11 Å². The normalized spacial score (nSPS) is 10.3. The fourth-order valence-corrected chi connectivity index (χ4v) is 2.82. The fraction of sp³-hybridized carbons (Fsp3) is 0.0909. The third-order valence-electron chi connectivity index (χ3n) is 4.09. The van der Waals surface area contributed by atoms with Crippen molar-refractivity contribution >= 4 is 21.5 Å². The number of phenols is 1. The minimum atomic E-state index is 0.327. The highest BCUT2D eigenvalue weighted by Gasteiger charge is 1.96. The molecule has 0 amide bonds. The Labute approximate surface area is 136 Å². The summed E-state index contributed by atoms with van der Waals surface area (Å²) < 4.78 is 0. The highest BCUT2D eigenvalue weighted by molar-refractivity contribution is 5.86. The van der Waals surface area contributed by atoms with Crippen molar-refractivity contribution in [2.24, 2.45) is 0 Å². The molecule has 0 aromatic heterocycles. The highest BCUT2D eigenvalue weighted by Crippen LogP contribution is 2.22. The molecule has 1 heteroatoms. The zero-order valence-electron chi connectivity index (χ0n) is 13.5. The zero-order valence-corrected chi connectivity index (χ0v) is 13.5. The summed E-state index contributed by atoms with van der Waals surface area (Å²) in [4.78, 5) is 0. The van der Waals surface area contributed by atoms with E-state index in [4.69, 9.17) is 0 Å². The van der Waals surface area contributed by atoms with Gasteiger partial charge in [0.15, 0.2) is 0 Å². The number of aromatic hydroxyl groups is 1. The summed E-state index contributed by atoms with van der Waals surface area (Å²) in [6.45, 7) is 4.21. The third-order valence-corrected chi connectivity index (χ3v) is 4.09. The van der Waals surface area contributed by atoms with E-state index in [1.54, 1.807) is 12.1 Å². The van der Waals surface area contributed by atoms with Crippen molar-refractivity contribution < 1.29 is 5.11 Å². The van der Waals surface area contributed by atoms with Crippen molar-refractivity contribution in [2.45, 2.75) is 13.8 Å². The number of benzene rings is 4. The van der Waals surface area contributed by atoms with E-state index in [-0.39, 0.29) is 0 Å². The molecule has 0 saturated carbocycles. The summed E-state index contributed by atoms with van der Waals surface area (Å²) >= 11 is 0. The van der Waals surface area contributed by atoms with Crippen molar-refractivity contribution in [3.05, 3.63) is 90.0 Å². The molecule has 0 spiro atoms. The van der Waals surface area contributed by atoms with E-state index >= 15 is 0 Å². The zero-order chi connectivity index (χ0) is 16.2. The summed E-state index contributed by atoms with van der Waals surface area (Å²) in [5, 5.41) is 14.2. The number of aryl methyl sites for hydroxylation is 2. The molecule has 0 bridgehead atoms. The van der Waals surface area contributed by atoms with Crippen LogP contribution < -0.4 is 0 Å². The Balaban J connectivity index is 0.000000136. The Morgan fingerprint density at radius 3 is 1.83 bits per heavy atom. The van der Waals surface area contributed by atoms with Gasteiger partial charge in [-0.1, -0.05) is 66.7 Å². The molecule has 0 unspecified atom stereocenters. The van der Waals surface area contributed by atoms with Crippen molar-refractivity contribution in [2.75, 3.05) is 0 Å². The van der Waals surface area contributed by atoms with Gasteiger partial charge in [0.1, 0.15) is 5.75 Å². The molecule has 1 N–H and O–H groups in total. The average molecular weight is 300 g/mol. The van der Waals surface area contributed by atoms with E-state index in [0.29, 0.717) is 5.75 Å². The maximum Gasteiger partial charge on any atom is 0.116 e. The summed E-state index contributed by atoms with van der Waals surface area (Å²) in [6, 6.07) is 26.3. The average Bonchev–Trinajstić information content (AvgIpc) is 2.56. The lowest BCUT2D eigenvalue weighted by Gasteiger charge is -2.01. The smallest absolute Gasteiger partial charge is 0.116 e. The van der Waals surface area contributed by atoms with Crippen LogP contribution in [0.2, 0.25) is 0 Å². The van der Waals surface area contributed by atoms with Gasteiger partial charge in [-0.3, -0.25) is 0 Å². The molecule has 0 fully saturated rings. The lowest BCUT2D eigenvalue weighted by Crippen LogP contribution is -1.76. The van der Waals surface area contributed by atoms with Crippen molar-refractivity contribution in [1.82, 2.24) is 0 Å². The standard InChI is InChI=1S/C11H10O.C11H10/c1-8-3-2-4-9-7-10(12)5-6-11(8)9;1-9-5-4-7-10-6-2-3-8-11(9)10/h2-7,12H,1H3;2-8H,1H3. The molecule has 4 aromatic carbocycles. The molecular weight excluding hydrogens is 280 g/mol. The van der Waals surface area contributed by atoms with E-state index in [9.17, 15) is 5.11 Å². The van der Waals surface area contributed by atoms with E-state index in [1.807, 2.05) is 18.2 Å². The van der Waals surface area contributed by atoms with Gasteiger partial charge in [0.05, 0.1) is 0 Å². The first-order valence-electron chi connectivity index (χ1n) is 7.78. The van der Waals surface area contributed by atoms with Crippen LogP contribution in [0.3, 0.4) is 0 Å². The Morgan fingerprint density at radius 2 is 1.13 bits per heavy atom. The van der Waals surface area contributed by atoms with Crippen LogP contribution in [0.25, 0.3) is 21.5 Å². The van der Waals surface area contributed by atoms with E-state index in [2.05, 4.69) is 62.4 Å². The Kier molecular flexibility index (Phi) is 4.29. The van der Waals surface area contributed by atoms with Crippen LogP contribution in [-0.4, -0.2) is 5.11 Å². The quantitative estimate of drug-likeness (QED) is 0.422. The first-order valence-corrected chi connectivity index (χ1v) is 7.78. The van der Waals surface area contributed by atoms with Gasteiger partial charge in [-0.2, -0.15) is 0 Å². The lowest BCUT2D eigenvalue weighted by molar-refractivity contribution is 0.476. The largest absolute Gasteiger partial charge is 0.508 e. The molecule has 1 nitrogen and oxygen atoms in total. The third kappa shape index (κ3) is 3.35.